The Morgan fingerprint density at radius 3 is 2.40 bits per heavy atom. The highest BCUT2D eigenvalue weighted by molar-refractivity contribution is 7.98. The van der Waals surface area contributed by atoms with Crippen molar-refractivity contribution in [3.63, 3.8) is 0 Å². The maximum absolute atomic E-state index is 12.4. The van der Waals surface area contributed by atoms with Gasteiger partial charge in [-0.3, -0.25) is 4.79 Å². The van der Waals surface area contributed by atoms with Gasteiger partial charge in [0.2, 0.25) is 0 Å². The van der Waals surface area contributed by atoms with Crippen LogP contribution in [0, 0.1) is 6.92 Å². The molecule has 1 atom stereocenters. The summed E-state index contributed by atoms with van der Waals surface area (Å²) in [6, 6.07) is 16.0. The van der Waals surface area contributed by atoms with Crippen molar-refractivity contribution in [3.8, 4) is 0 Å². The maximum Gasteiger partial charge on any atom is 0.329 e. The first-order chi connectivity index (χ1) is 12.1. The summed E-state index contributed by atoms with van der Waals surface area (Å²) in [5.74, 6) is 0.0946. The monoisotopic (exact) mass is 357 g/mol. The largest absolute Gasteiger partial charge is 0.459 e. The highest BCUT2D eigenvalue weighted by Crippen LogP contribution is 2.09. The van der Waals surface area contributed by atoms with Crippen molar-refractivity contribution in [2.75, 3.05) is 12.0 Å². The zero-order valence-corrected chi connectivity index (χ0v) is 15.3. The molecule has 0 aliphatic heterocycles. The molecule has 1 N–H and O–H groups in total. The lowest BCUT2D eigenvalue weighted by atomic mass is 10.1. The Labute approximate surface area is 153 Å². The van der Waals surface area contributed by atoms with Gasteiger partial charge in [0.1, 0.15) is 12.6 Å². The second kappa shape index (κ2) is 9.89. The zero-order chi connectivity index (χ0) is 18.1. The minimum absolute atomic E-state index is 0.204. The molecular formula is C20H23NO3S. The third-order valence-electron chi connectivity index (χ3n) is 3.74. The second-order valence-corrected chi connectivity index (χ2v) is 6.75. The van der Waals surface area contributed by atoms with Crippen LogP contribution in [-0.2, 0) is 16.1 Å². The Morgan fingerprint density at radius 1 is 1.08 bits per heavy atom. The number of thioether (sulfide) groups is 1. The molecule has 0 radical (unpaired) electrons. The Balaban J connectivity index is 1.96. The first kappa shape index (κ1) is 19.1. The van der Waals surface area contributed by atoms with Crippen LogP contribution in [0.4, 0.5) is 0 Å². The lowest BCUT2D eigenvalue weighted by molar-refractivity contribution is -0.147. The van der Waals surface area contributed by atoms with Crippen LogP contribution in [0.2, 0.25) is 0 Å². The van der Waals surface area contributed by atoms with E-state index in [1.807, 2.05) is 43.5 Å². The SMILES string of the molecule is CSCC[C@H](NC(=O)c1ccccc1)C(=O)OCc1ccc(C)cc1. The van der Waals surface area contributed by atoms with Gasteiger partial charge in [0.25, 0.3) is 5.91 Å². The van der Waals surface area contributed by atoms with Crippen LogP contribution in [0.25, 0.3) is 0 Å². The molecule has 0 fully saturated rings. The predicted octanol–water partition coefficient (Wildman–Crippen LogP) is 3.59. The van der Waals surface area contributed by atoms with Crippen LogP contribution < -0.4 is 5.32 Å². The van der Waals surface area contributed by atoms with Gasteiger partial charge < -0.3 is 10.1 Å². The average molecular weight is 357 g/mol. The van der Waals surface area contributed by atoms with E-state index in [9.17, 15) is 9.59 Å². The smallest absolute Gasteiger partial charge is 0.329 e. The van der Waals surface area contributed by atoms with Crippen molar-refractivity contribution in [2.45, 2.75) is 26.0 Å². The normalized spacial score (nSPS) is 11.6. The Morgan fingerprint density at radius 2 is 1.76 bits per heavy atom. The van der Waals surface area contributed by atoms with Crippen molar-refractivity contribution in [1.82, 2.24) is 5.32 Å². The van der Waals surface area contributed by atoms with Crippen molar-refractivity contribution < 1.29 is 14.3 Å². The predicted molar refractivity (Wildman–Crippen MR) is 102 cm³/mol. The number of rotatable bonds is 8. The van der Waals surface area contributed by atoms with Gasteiger partial charge in [0, 0.05) is 5.56 Å². The molecule has 0 aliphatic rings. The summed E-state index contributed by atoms with van der Waals surface area (Å²) >= 11 is 1.63. The highest BCUT2D eigenvalue weighted by Gasteiger charge is 2.22. The molecule has 0 saturated carbocycles. The number of amides is 1. The maximum atomic E-state index is 12.4. The second-order valence-electron chi connectivity index (χ2n) is 5.77. The molecule has 25 heavy (non-hydrogen) atoms. The number of carbonyl (C=O) groups excluding carboxylic acids is 2. The zero-order valence-electron chi connectivity index (χ0n) is 14.5. The number of carbonyl (C=O) groups is 2. The molecule has 4 nitrogen and oxygen atoms in total. The van der Waals surface area contributed by atoms with E-state index in [0.717, 1.165) is 16.9 Å². The first-order valence-electron chi connectivity index (χ1n) is 8.17. The number of hydrogen-bond acceptors (Lipinski definition) is 4. The molecule has 2 rings (SSSR count). The lowest BCUT2D eigenvalue weighted by Crippen LogP contribution is -2.42. The van der Waals surface area contributed by atoms with Crippen LogP contribution in [0.3, 0.4) is 0 Å². The number of benzene rings is 2. The van der Waals surface area contributed by atoms with Crippen molar-refractivity contribution in [3.05, 3.63) is 71.3 Å². The number of ether oxygens (including phenoxy) is 1. The Kier molecular flexibility index (Phi) is 7.54. The van der Waals surface area contributed by atoms with Gasteiger partial charge in [0.15, 0.2) is 0 Å². The molecule has 1 amide bonds. The summed E-state index contributed by atoms with van der Waals surface area (Å²) in [4.78, 5) is 24.7. The number of aryl methyl sites for hydroxylation is 1. The lowest BCUT2D eigenvalue weighted by Gasteiger charge is -2.17. The van der Waals surface area contributed by atoms with E-state index in [2.05, 4.69) is 5.32 Å². The quantitative estimate of drug-likeness (QED) is 0.734. The number of nitrogens with one attached hydrogen (secondary N) is 1. The van der Waals surface area contributed by atoms with Gasteiger partial charge >= 0.3 is 5.97 Å². The minimum Gasteiger partial charge on any atom is -0.459 e. The highest BCUT2D eigenvalue weighted by atomic mass is 32.2. The molecule has 0 aliphatic carbocycles. The average Bonchev–Trinajstić information content (AvgIpc) is 2.65. The molecule has 0 heterocycles. The van der Waals surface area contributed by atoms with Gasteiger partial charge in [-0.15, -0.1) is 0 Å². The molecule has 0 bridgehead atoms. The van der Waals surface area contributed by atoms with E-state index in [0.29, 0.717) is 12.0 Å². The first-order valence-corrected chi connectivity index (χ1v) is 9.56. The molecule has 132 valence electrons. The Hall–Kier alpha value is -2.27. The van der Waals surface area contributed by atoms with Gasteiger partial charge in [-0.1, -0.05) is 48.0 Å². The van der Waals surface area contributed by atoms with Crippen molar-refractivity contribution >= 4 is 23.6 Å². The van der Waals surface area contributed by atoms with Crippen molar-refractivity contribution in [2.24, 2.45) is 0 Å². The summed E-state index contributed by atoms with van der Waals surface area (Å²) in [5.41, 5.74) is 2.61. The number of hydrogen-bond donors (Lipinski definition) is 1. The molecule has 0 aromatic heterocycles. The third kappa shape index (κ3) is 6.27. The van der Waals surface area contributed by atoms with Crippen LogP contribution in [0.1, 0.15) is 27.9 Å². The fourth-order valence-corrected chi connectivity index (χ4v) is 2.73. The third-order valence-corrected chi connectivity index (χ3v) is 4.38. The molecule has 0 spiro atoms. The number of esters is 1. The summed E-state index contributed by atoms with van der Waals surface area (Å²) < 4.78 is 5.40. The van der Waals surface area contributed by atoms with Gasteiger partial charge in [-0.25, -0.2) is 4.79 Å². The standard InChI is InChI=1S/C20H23NO3S/c1-15-8-10-16(11-9-15)14-24-20(23)18(12-13-25-2)21-19(22)17-6-4-3-5-7-17/h3-11,18H,12-14H2,1-2H3,(H,21,22)/t18-/m0/s1. The molecule has 2 aromatic rings. The molecule has 2 aromatic carbocycles. The van der Waals surface area contributed by atoms with Crippen molar-refractivity contribution in [1.29, 1.82) is 0 Å². The summed E-state index contributed by atoms with van der Waals surface area (Å²) in [5, 5.41) is 2.79. The molecule has 5 heteroatoms. The summed E-state index contributed by atoms with van der Waals surface area (Å²) in [7, 11) is 0. The molecule has 0 saturated heterocycles. The van der Waals surface area contributed by atoms with Crippen LogP contribution in [0.5, 0.6) is 0 Å². The minimum atomic E-state index is -0.648. The topological polar surface area (TPSA) is 55.4 Å². The van der Waals surface area contributed by atoms with Crippen LogP contribution in [-0.4, -0.2) is 29.9 Å². The van der Waals surface area contributed by atoms with E-state index in [1.54, 1.807) is 36.0 Å². The fourth-order valence-electron chi connectivity index (χ4n) is 2.26. The van der Waals surface area contributed by atoms with E-state index in [1.165, 1.54) is 0 Å². The van der Waals surface area contributed by atoms with Gasteiger partial charge in [-0.05, 0) is 43.0 Å². The van der Waals surface area contributed by atoms with Gasteiger partial charge in [-0.2, -0.15) is 11.8 Å². The summed E-state index contributed by atoms with van der Waals surface area (Å²) in [6.07, 6.45) is 2.50. The molecular weight excluding hydrogens is 334 g/mol. The van der Waals surface area contributed by atoms with E-state index < -0.39 is 12.0 Å². The van der Waals surface area contributed by atoms with E-state index in [-0.39, 0.29) is 12.5 Å². The van der Waals surface area contributed by atoms with Crippen LogP contribution in [0.15, 0.2) is 54.6 Å². The van der Waals surface area contributed by atoms with Crippen LogP contribution >= 0.6 is 11.8 Å². The fraction of sp³-hybridized carbons (Fsp3) is 0.300. The van der Waals surface area contributed by atoms with E-state index in [4.69, 9.17) is 4.74 Å². The molecule has 0 unspecified atom stereocenters. The van der Waals surface area contributed by atoms with E-state index >= 15 is 0 Å². The summed E-state index contributed by atoms with van der Waals surface area (Å²) in [6.45, 7) is 2.21. The van der Waals surface area contributed by atoms with Gasteiger partial charge in [0.05, 0.1) is 0 Å². The Bertz CT molecular complexity index is 686.